The first-order chi connectivity index (χ1) is 6.74. The Morgan fingerprint density at radius 1 is 1.64 bits per heavy atom. The van der Waals surface area contributed by atoms with Gasteiger partial charge in [-0.3, -0.25) is 5.10 Å². The number of ether oxygens (including phenoxy) is 1. The minimum absolute atomic E-state index is 0.470. The van der Waals surface area contributed by atoms with Crippen molar-refractivity contribution in [1.29, 1.82) is 0 Å². The summed E-state index contributed by atoms with van der Waals surface area (Å²) in [6.07, 6.45) is 2.78. The van der Waals surface area contributed by atoms with E-state index >= 15 is 0 Å². The summed E-state index contributed by atoms with van der Waals surface area (Å²) in [7, 11) is 0. The van der Waals surface area contributed by atoms with Gasteiger partial charge in [0.25, 0.3) is 0 Å². The van der Waals surface area contributed by atoms with E-state index in [1.165, 1.54) is 0 Å². The highest BCUT2D eigenvalue weighted by molar-refractivity contribution is 5.07. The molecule has 1 aromatic heterocycles. The van der Waals surface area contributed by atoms with Gasteiger partial charge >= 0.3 is 0 Å². The lowest BCUT2D eigenvalue weighted by molar-refractivity contribution is 0.176. The van der Waals surface area contributed by atoms with Crippen LogP contribution in [0.25, 0.3) is 0 Å². The summed E-state index contributed by atoms with van der Waals surface area (Å²) in [5.74, 6) is 1.61. The summed E-state index contributed by atoms with van der Waals surface area (Å²) in [5.41, 5.74) is 5.65. The van der Waals surface area contributed by atoms with Gasteiger partial charge in [0.15, 0.2) is 5.82 Å². The van der Waals surface area contributed by atoms with E-state index in [0.717, 1.165) is 25.1 Å². The van der Waals surface area contributed by atoms with E-state index in [1.54, 1.807) is 0 Å². The van der Waals surface area contributed by atoms with Crippen LogP contribution in [-0.2, 0) is 16.7 Å². The molecule has 0 saturated carbocycles. The van der Waals surface area contributed by atoms with E-state index in [4.69, 9.17) is 10.5 Å². The van der Waals surface area contributed by atoms with Gasteiger partial charge in [-0.05, 0) is 12.8 Å². The van der Waals surface area contributed by atoms with E-state index in [1.807, 2.05) is 0 Å². The van der Waals surface area contributed by atoms with Gasteiger partial charge < -0.3 is 10.5 Å². The molecule has 0 aromatic carbocycles. The molecule has 2 rings (SSSR count). The number of nitrogens with zero attached hydrogens (tertiary/aromatic N) is 2. The zero-order valence-electron chi connectivity index (χ0n) is 8.42. The Hall–Kier alpha value is -0.940. The van der Waals surface area contributed by atoms with Crippen molar-refractivity contribution in [3.63, 3.8) is 0 Å². The van der Waals surface area contributed by atoms with Gasteiger partial charge in [-0.25, -0.2) is 4.98 Å². The number of aryl methyl sites for hydroxylation is 1. The molecular formula is C9H16N4O. The van der Waals surface area contributed by atoms with Crippen LogP contribution in [0.1, 0.15) is 31.4 Å². The lowest BCUT2D eigenvalue weighted by Crippen LogP contribution is -2.38. The molecule has 2 heterocycles. The first kappa shape index (κ1) is 9.61. The first-order valence-corrected chi connectivity index (χ1v) is 5.03. The second kappa shape index (κ2) is 3.67. The zero-order chi connectivity index (χ0) is 10.0. The van der Waals surface area contributed by atoms with Crippen LogP contribution in [0, 0.1) is 0 Å². The molecule has 1 aliphatic heterocycles. The van der Waals surface area contributed by atoms with Crippen LogP contribution in [0.4, 0.5) is 0 Å². The van der Waals surface area contributed by atoms with Gasteiger partial charge in [0.1, 0.15) is 11.4 Å². The van der Waals surface area contributed by atoms with Gasteiger partial charge in [0, 0.05) is 13.0 Å². The van der Waals surface area contributed by atoms with E-state index in [-0.39, 0.29) is 0 Å². The Kier molecular flexibility index (Phi) is 2.52. The molecule has 1 unspecified atom stereocenters. The van der Waals surface area contributed by atoms with Gasteiger partial charge in [0.2, 0.25) is 0 Å². The smallest absolute Gasteiger partial charge is 0.172 e. The quantitative estimate of drug-likeness (QED) is 0.730. The summed E-state index contributed by atoms with van der Waals surface area (Å²) < 4.78 is 5.26. The Morgan fingerprint density at radius 3 is 3.14 bits per heavy atom. The topological polar surface area (TPSA) is 76.8 Å². The summed E-state index contributed by atoms with van der Waals surface area (Å²) in [4.78, 5) is 4.38. The predicted octanol–water partition coefficient (Wildman–Crippen LogP) is 0.331. The van der Waals surface area contributed by atoms with Crippen LogP contribution in [0.2, 0.25) is 0 Å². The monoisotopic (exact) mass is 196 g/mol. The maximum absolute atomic E-state index is 6.12. The predicted molar refractivity (Wildman–Crippen MR) is 51.7 cm³/mol. The van der Waals surface area contributed by atoms with Crippen molar-refractivity contribution >= 4 is 0 Å². The van der Waals surface area contributed by atoms with E-state index < -0.39 is 5.54 Å². The number of hydrogen-bond acceptors (Lipinski definition) is 4. The third-order valence-corrected chi connectivity index (χ3v) is 2.52. The van der Waals surface area contributed by atoms with E-state index in [0.29, 0.717) is 19.0 Å². The van der Waals surface area contributed by atoms with Crippen molar-refractivity contribution in [2.75, 3.05) is 13.2 Å². The zero-order valence-corrected chi connectivity index (χ0v) is 8.42. The second-order valence-electron chi connectivity index (χ2n) is 3.81. The number of nitrogens with two attached hydrogens (primary N) is 1. The normalized spacial score (nSPS) is 27.0. The standard InChI is InChI=1S/C9H16N4O/c1-2-3-7-11-8(13-12-7)9(10)4-5-14-6-9/h2-6,10H2,1H3,(H,11,12,13). The highest BCUT2D eigenvalue weighted by Gasteiger charge is 2.36. The Bertz CT molecular complexity index is 304. The number of rotatable bonds is 3. The third-order valence-electron chi connectivity index (χ3n) is 2.52. The molecule has 5 nitrogen and oxygen atoms in total. The average molecular weight is 196 g/mol. The number of aromatic amines is 1. The largest absolute Gasteiger partial charge is 0.379 e. The molecule has 1 saturated heterocycles. The molecule has 1 aliphatic rings. The number of H-pyrrole nitrogens is 1. The van der Waals surface area contributed by atoms with Crippen molar-refractivity contribution in [2.24, 2.45) is 5.73 Å². The highest BCUT2D eigenvalue weighted by atomic mass is 16.5. The fourth-order valence-electron chi connectivity index (χ4n) is 1.62. The summed E-state index contributed by atoms with van der Waals surface area (Å²) in [6.45, 7) is 3.34. The minimum atomic E-state index is -0.470. The molecule has 5 heteroatoms. The number of hydrogen-bond donors (Lipinski definition) is 2. The number of nitrogens with one attached hydrogen (secondary N) is 1. The molecule has 1 atom stereocenters. The van der Waals surface area contributed by atoms with Crippen molar-refractivity contribution in [3.05, 3.63) is 11.6 Å². The van der Waals surface area contributed by atoms with E-state index in [2.05, 4.69) is 22.1 Å². The molecule has 1 fully saturated rings. The molecule has 0 amide bonds. The van der Waals surface area contributed by atoms with Crippen molar-refractivity contribution in [2.45, 2.75) is 31.7 Å². The van der Waals surface area contributed by atoms with Crippen LogP contribution in [0.5, 0.6) is 0 Å². The molecule has 3 N–H and O–H groups in total. The minimum Gasteiger partial charge on any atom is -0.379 e. The molecule has 0 radical (unpaired) electrons. The van der Waals surface area contributed by atoms with Crippen LogP contribution in [0.15, 0.2) is 0 Å². The molecule has 0 bridgehead atoms. The average Bonchev–Trinajstić information content (AvgIpc) is 2.75. The van der Waals surface area contributed by atoms with Crippen LogP contribution in [0.3, 0.4) is 0 Å². The van der Waals surface area contributed by atoms with E-state index in [9.17, 15) is 0 Å². The molecule has 0 aliphatic carbocycles. The summed E-state index contributed by atoms with van der Waals surface area (Å²) >= 11 is 0. The summed E-state index contributed by atoms with van der Waals surface area (Å²) in [5, 5.41) is 7.06. The van der Waals surface area contributed by atoms with Gasteiger partial charge in [-0.15, -0.1) is 0 Å². The molecular weight excluding hydrogens is 180 g/mol. The molecule has 1 aromatic rings. The van der Waals surface area contributed by atoms with Crippen LogP contribution >= 0.6 is 0 Å². The van der Waals surface area contributed by atoms with Crippen molar-refractivity contribution < 1.29 is 4.74 Å². The van der Waals surface area contributed by atoms with Crippen molar-refractivity contribution in [1.82, 2.24) is 15.2 Å². The fourth-order valence-corrected chi connectivity index (χ4v) is 1.62. The Labute approximate surface area is 83.1 Å². The Morgan fingerprint density at radius 2 is 2.50 bits per heavy atom. The summed E-state index contributed by atoms with van der Waals surface area (Å²) in [6, 6.07) is 0. The van der Waals surface area contributed by atoms with Crippen LogP contribution in [-0.4, -0.2) is 28.4 Å². The number of aromatic nitrogens is 3. The highest BCUT2D eigenvalue weighted by Crippen LogP contribution is 2.24. The molecule has 0 spiro atoms. The maximum atomic E-state index is 6.12. The van der Waals surface area contributed by atoms with Crippen LogP contribution < -0.4 is 5.73 Å². The third kappa shape index (κ3) is 1.65. The van der Waals surface area contributed by atoms with Gasteiger partial charge in [-0.1, -0.05) is 6.92 Å². The lowest BCUT2D eigenvalue weighted by atomic mass is 10.00. The SMILES string of the molecule is CCCc1nc(C2(N)CCOC2)n[nH]1. The van der Waals surface area contributed by atoms with Crippen molar-refractivity contribution in [3.8, 4) is 0 Å². The molecule has 14 heavy (non-hydrogen) atoms. The Balaban J connectivity index is 2.15. The second-order valence-corrected chi connectivity index (χ2v) is 3.81. The lowest BCUT2D eigenvalue weighted by Gasteiger charge is -2.16. The first-order valence-electron chi connectivity index (χ1n) is 5.03. The van der Waals surface area contributed by atoms with Gasteiger partial charge in [0.05, 0.1) is 6.61 Å². The fraction of sp³-hybridized carbons (Fsp3) is 0.778. The molecule has 78 valence electrons. The van der Waals surface area contributed by atoms with Gasteiger partial charge in [-0.2, -0.15) is 5.10 Å². The maximum Gasteiger partial charge on any atom is 0.172 e.